The van der Waals surface area contributed by atoms with Gasteiger partial charge in [0.1, 0.15) is 45.2 Å². The number of aliphatic hydroxyl groups is 11. The van der Waals surface area contributed by atoms with Crippen LogP contribution in [-0.4, -0.2) is 280 Å². The predicted octanol–water partition coefficient (Wildman–Crippen LogP) is 11.0. The smallest absolute Gasteiger partial charge is 0.331 e. The van der Waals surface area contributed by atoms with Gasteiger partial charge >= 0.3 is 17.9 Å². The molecular formula is C102H188N5O27+. The first-order valence-corrected chi connectivity index (χ1v) is 49.6. The topological polar surface area (TPSA) is 488 Å². The van der Waals surface area contributed by atoms with Crippen molar-refractivity contribution >= 4 is 36.2 Å². The van der Waals surface area contributed by atoms with E-state index in [1.807, 2.05) is 20.3 Å². The van der Waals surface area contributed by atoms with Crippen LogP contribution in [0.25, 0.3) is 0 Å². The van der Waals surface area contributed by atoms with Crippen LogP contribution in [0, 0.1) is 104 Å². The fraction of sp³-hybridized carbons (Fsp3) is 0.882. The molecule has 32 nitrogen and oxygen atoms in total. The molecule has 14 fully saturated rings. The number of aldehydes is 1. The maximum absolute atomic E-state index is 12.2. The number of aliphatic hydroxyl groups excluding tert-OH is 8. The highest BCUT2D eigenvalue weighted by atomic mass is 16.7. The Balaban J connectivity index is 0.000000414. The fourth-order valence-electron chi connectivity index (χ4n) is 28.1. The highest BCUT2D eigenvalue weighted by Gasteiger charge is 2.71. The van der Waals surface area contributed by atoms with E-state index in [2.05, 4.69) is 68.1 Å². The summed E-state index contributed by atoms with van der Waals surface area (Å²) in [6, 6.07) is 0.467. The van der Waals surface area contributed by atoms with Gasteiger partial charge in [0.15, 0.2) is 19.6 Å². The number of hydrogen-bond donors (Lipinski definition) is 14. The fourth-order valence-corrected chi connectivity index (χ4v) is 28.1. The van der Waals surface area contributed by atoms with Crippen molar-refractivity contribution < 1.29 is 138 Å². The number of nitrogens with zero attached hydrogens (tertiary/aromatic N) is 2. The minimum Gasteiger partial charge on any atom is -0.458 e. The van der Waals surface area contributed by atoms with Crippen molar-refractivity contribution in [3.8, 4) is 0 Å². The van der Waals surface area contributed by atoms with E-state index in [0.717, 1.165) is 270 Å². The van der Waals surface area contributed by atoms with Crippen LogP contribution in [0.15, 0.2) is 34.9 Å². The number of unbranched alkanes of at least 4 members (excludes halogenated alkanes) is 4. The van der Waals surface area contributed by atoms with Crippen LogP contribution in [0.2, 0.25) is 0 Å². The molecule has 17 aliphatic rings. The molecule has 12 saturated carbocycles. The average Bonchev–Trinajstić information content (AvgIpc) is 1.45. The van der Waals surface area contributed by atoms with E-state index in [0.29, 0.717) is 90.8 Å². The first kappa shape index (κ1) is 124. The number of Topliss-reactive ketones (excluding diaryl/α,β-unsaturated/α-hetero) is 1. The number of cyclic esters (lactones) is 3. The number of nitrogens with one attached hydrogen (secondary N) is 2. The van der Waals surface area contributed by atoms with E-state index in [1.54, 1.807) is 63.5 Å². The number of ketones is 1. The number of carbonyl (C=O) groups is 5. The molecule has 12 aliphatic carbocycles. The number of fused-ring (bicyclic) bond motifs is 15. The summed E-state index contributed by atoms with van der Waals surface area (Å²) in [5.74, 6) is 9.56. The van der Waals surface area contributed by atoms with Gasteiger partial charge in [-0.2, -0.15) is 10.5 Å². The lowest BCUT2D eigenvalue weighted by Gasteiger charge is -2.63. The second-order valence-electron chi connectivity index (χ2n) is 40.9. The SMILES string of the molecule is C.CNOC.CO.CO.CO.CO.CO/[N+](C)=C\CCCCO.CON.CON(C)C1CCCCO1.CON[C@H]1CC[C@]2(C)C3CC[C@]4(C)[C@@H](C5=CC(=O)OC5)CC[C@]4(O)C3CC[C@@H]2C1.C[C@]12CCC(=O)C[C@H]1CCC1C2CC[C@]2(C)[C@@H](C3=CC(=O)OC3)CC[C@]12O.C[C@]12CC[C@H](O)C[C@H]1CCC1C2CC[C@]2(C)[C@@H](C3=CC(=O)OC3)CC[C@]12O.O.O=CCCCCO.OC1CCCCO1. The van der Waals surface area contributed by atoms with Crippen LogP contribution in [0.1, 0.15) is 299 Å². The molecule has 5 aliphatic heterocycles. The Labute approximate surface area is 803 Å². The number of ether oxygens (including phenoxy) is 5. The molecule has 17 rings (SSSR count). The lowest BCUT2D eigenvalue weighted by molar-refractivity contribution is -0.758. The second-order valence-corrected chi connectivity index (χ2v) is 40.9. The van der Waals surface area contributed by atoms with Crippen LogP contribution >= 0.6 is 0 Å². The van der Waals surface area contributed by atoms with Crippen LogP contribution in [0.4, 0.5) is 0 Å². The number of rotatable bonds is 17. The van der Waals surface area contributed by atoms with Crippen molar-refractivity contribution in [2.75, 3.05) is 131 Å². The van der Waals surface area contributed by atoms with E-state index >= 15 is 0 Å². The van der Waals surface area contributed by atoms with E-state index in [4.69, 9.17) is 73.9 Å². The Morgan fingerprint density at radius 2 is 0.896 bits per heavy atom. The van der Waals surface area contributed by atoms with Crippen LogP contribution < -0.4 is 16.9 Å². The Bertz CT molecular complexity index is 3530. The molecule has 2 saturated heterocycles. The molecule has 782 valence electrons. The summed E-state index contributed by atoms with van der Waals surface area (Å²) in [5.41, 5.74) is 7.43. The van der Waals surface area contributed by atoms with E-state index in [1.165, 1.54) is 52.1 Å². The zero-order valence-electron chi connectivity index (χ0n) is 84.7. The third-order valence-corrected chi connectivity index (χ3v) is 35.3. The van der Waals surface area contributed by atoms with E-state index in [-0.39, 0.29) is 101 Å². The molecule has 8 unspecified atom stereocenters. The van der Waals surface area contributed by atoms with Gasteiger partial charge in [0.05, 0.1) is 51.3 Å². The highest BCUT2D eigenvalue weighted by molar-refractivity contribution is 5.86. The van der Waals surface area contributed by atoms with Crippen LogP contribution in [0.5, 0.6) is 0 Å². The van der Waals surface area contributed by atoms with Gasteiger partial charge in [-0.25, -0.2) is 25.8 Å². The number of hydroxylamine groups is 5. The van der Waals surface area contributed by atoms with Gasteiger partial charge in [0.2, 0.25) is 0 Å². The molecule has 0 bridgehead atoms. The summed E-state index contributed by atoms with van der Waals surface area (Å²) >= 11 is 0. The third-order valence-electron chi connectivity index (χ3n) is 35.3. The Morgan fingerprint density at radius 1 is 0.500 bits per heavy atom. The molecule has 17 N–H and O–H groups in total. The lowest BCUT2D eigenvalue weighted by Crippen LogP contribution is -2.62. The molecule has 0 amide bonds. The largest absolute Gasteiger partial charge is 0.458 e. The van der Waals surface area contributed by atoms with Crippen molar-refractivity contribution in [3.63, 3.8) is 0 Å². The van der Waals surface area contributed by atoms with Gasteiger partial charge < -0.3 is 109 Å². The summed E-state index contributed by atoms with van der Waals surface area (Å²) in [4.78, 5) is 79.7. The summed E-state index contributed by atoms with van der Waals surface area (Å²) < 4.78 is 27.6. The van der Waals surface area contributed by atoms with Crippen LogP contribution in [0.3, 0.4) is 0 Å². The third kappa shape index (κ3) is 29.2. The predicted molar refractivity (Wildman–Crippen MR) is 514 cm³/mol. The molecule has 5 heterocycles. The molecule has 0 spiro atoms. The summed E-state index contributed by atoms with van der Waals surface area (Å²) in [6.07, 6.45) is 46.9. The Hall–Kier alpha value is -4.44. The zero-order valence-corrected chi connectivity index (χ0v) is 84.7. The lowest BCUT2D eigenvalue weighted by atomic mass is 9.43. The molecule has 0 aromatic carbocycles. The van der Waals surface area contributed by atoms with Gasteiger partial charge in [0, 0.05) is 135 Å². The Morgan fingerprint density at radius 3 is 1.24 bits per heavy atom. The first-order chi connectivity index (χ1) is 63.2. The number of esters is 3. The average molecular weight is 1920 g/mol. The van der Waals surface area contributed by atoms with Crippen LogP contribution in [-0.2, 0) is 71.8 Å². The summed E-state index contributed by atoms with van der Waals surface area (Å²) in [7, 11) is 17.4. The zero-order chi connectivity index (χ0) is 98.5. The molecular weight excluding hydrogens is 1730 g/mol. The molecule has 25 atom stereocenters. The minimum atomic E-state index is -0.650. The van der Waals surface area contributed by atoms with Gasteiger partial charge in [-0.15, -0.1) is 0 Å². The number of hydrogen-bond acceptors (Lipinski definition) is 30. The van der Waals surface area contributed by atoms with E-state index in [9.17, 15) is 44.4 Å². The van der Waals surface area contributed by atoms with E-state index < -0.39 is 23.1 Å². The van der Waals surface area contributed by atoms with Gasteiger partial charge in [-0.1, -0.05) is 49.0 Å². The first-order valence-electron chi connectivity index (χ1n) is 49.6. The van der Waals surface area contributed by atoms with Gasteiger partial charge in [-0.3, -0.25) is 9.63 Å². The maximum Gasteiger partial charge on any atom is 0.331 e. The molecule has 134 heavy (non-hydrogen) atoms. The second kappa shape index (κ2) is 59.5. The molecule has 0 radical (unpaired) electrons. The quantitative estimate of drug-likeness (QED) is 0.0122. The molecule has 32 heteroatoms. The number of nitrogens with two attached hydrogens (primary N) is 1. The molecule has 0 aromatic rings. The van der Waals surface area contributed by atoms with Crippen molar-refractivity contribution in [2.45, 2.75) is 341 Å². The normalized spacial score (nSPS) is 38.3. The van der Waals surface area contributed by atoms with Crippen molar-refractivity contribution in [1.82, 2.24) is 16.0 Å². The Kier molecular flexibility index (Phi) is 54.9. The van der Waals surface area contributed by atoms with Crippen molar-refractivity contribution in [2.24, 2.45) is 109 Å². The van der Waals surface area contributed by atoms with Crippen molar-refractivity contribution in [3.05, 3.63) is 34.9 Å². The van der Waals surface area contributed by atoms with Crippen molar-refractivity contribution in [1.29, 1.82) is 0 Å². The van der Waals surface area contributed by atoms with Gasteiger partial charge in [-0.05, 0) is 333 Å². The standard InChI is InChI=1S/C24H37NO4.C23H34O4.C23H32O4.C7H15NO2.C7H16NO2.2C5H10O2.C2H7NO.CH5NO.4CH4O.CH4.H2O/c1-22-9-6-17(25-28-3)13-16(22)4-5-20-19(22)7-10-23(2)18(8-11-24(20,23)27)15-12-21(26)29-14-15;2*1-21-8-5-16(24)12-15(21)3-4-19-18(21)6-9-22(2)17(7-10-23(19,22)26)14-11-20(25)27-13-14;1-8(9-2)7-5-3-4-6-10-7;1-8(10-2)6-4-3-5-7-9;6-5-3-1-2-4-7-5;6-4-2-1-3-5-7;1-3-4-2;1-3-2;4*1-2;;/h12,16-20,25,27H,4-11,13-14H2,1-3H3;11,15-19,24,26H,3-10,12-13H2,1-2H3;11,15,17-19,26H,3-10,12-13H2,1-2H3;7H,3-6H2,1-2H3;6,9H,3-5,7H2,1-2H3;5-6H,1-4H2;4,7H,1-3,5H2;3H,1-2H3;2H2,1H3;4*2H,1H3;1H4;1H2/q;;;;+1;;;;;;;;;;/b;;;;8-6-;;;;;;;;;;/t16-,17+,18-,19?,20?,22+,23-,24+;15-,16+,17-,18?,19?,21+,22-,23+;15-,17-,18?,19?,21+,22-,23+;;;;;;;;;;;;/m111............/s1. The summed E-state index contributed by atoms with van der Waals surface area (Å²) in [6.45, 7) is 17.6. The summed E-state index contributed by atoms with van der Waals surface area (Å²) in [5, 5.41) is 102. The maximum atomic E-state index is 12.2. The monoisotopic (exact) mass is 1920 g/mol. The number of carbonyl (C=O) groups excluding carboxylic acids is 5. The molecule has 0 aromatic heterocycles. The minimum absolute atomic E-state index is 0. The highest BCUT2D eigenvalue weighted by Crippen LogP contribution is 2.74. The van der Waals surface area contributed by atoms with Gasteiger partial charge in [0.25, 0.3) is 0 Å².